The summed E-state index contributed by atoms with van der Waals surface area (Å²) in [7, 11) is 0. The van der Waals surface area contributed by atoms with Crippen molar-refractivity contribution in [2.24, 2.45) is 5.16 Å². The molecule has 14 heavy (non-hydrogen) atoms. The lowest BCUT2D eigenvalue weighted by Gasteiger charge is -1.97. The fourth-order valence-corrected chi connectivity index (χ4v) is 1.34. The zero-order valence-corrected chi connectivity index (χ0v) is 7.98. The molecule has 0 saturated carbocycles. The van der Waals surface area contributed by atoms with Crippen molar-refractivity contribution in [2.45, 2.75) is 13.8 Å². The molecule has 0 aliphatic rings. The van der Waals surface area contributed by atoms with Gasteiger partial charge in [0.15, 0.2) is 5.58 Å². The molecule has 0 aliphatic heterocycles. The number of rotatable bonds is 1. The molecule has 0 aliphatic carbocycles. The van der Waals surface area contributed by atoms with Gasteiger partial charge in [-0.15, -0.1) is 0 Å². The number of hydrogen-bond acceptors (Lipinski definition) is 4. The summed E-state index contributed by atoms with van der Waals surface area (Å²) < 4.78 is 5.06. The van der Waals surface area contributed by atoms with Crippen LogP contribution in [-0.2, 0) is 0 Å². The Labute approximate surface area is 80.8 Å². The first-order valence-electron chi connectivity index (χ1n) is 4.27. The molecule has 0 atom stereocenters. The smallest absolute Gasteiger partial charge is 0.167 e. The fraction of sp³-hybridized carbons (Fsp3) is 0.200. The maximum atomic E-state index is 8.63. The highest BCUT2D eigenvalue weighted by molar-refractivity contribution is 6.01. The van der Waals surface area contributed by atoms with Crippen molar-refractivity contribution >= 4 is 16.7 Å². The van der Waals surface area contributed by atoms with E-state index in [9.17, 15) is 0 Å². The van der Waals surface area contributed by atoms with Gasteiger partial charge in [-0.25, -0.2) is 0 Å². The normalized spacial score (nSPS) is 12.3. The zero-order valence-electron chi connectivity index (χ0n) is 7.98. The average Bonchev–Trinajstić information content (AvgIpc) is 2.59. The van der Waals surface area contributed by atoms with E-state index in [2.05, 4.69) is 10.3 Å². The van der Waals surface area contributed by atoms with Crippen LogP contribution in [0.4, 0.5) is 0 Å². The minimum Gasteiger partial charge on any atom is -0.411 e. The third-order valence-electron chi connectivity index (χ3n) is 2.22. The lowest BCUT2D eigenvalue weighted by atomic mass is 10.1. The van der Waals surface area contributed by atoms with Gasteiger partial charge in [-0.1, -0.05) is 10.3 Å². The molecule has 4 nitrogen and oxygen atoms in total. The Hall–Kier alpha value is -1.84. The molecule has 2 rings (SSSR count). The molecule has 0 radical (unpaired) electrons. The Morgan fingerprint density at radius 2 is 2.29 bits per heavy atom. The molecule has 4 heteroatoms. The average molecular weight is 190 g/mol. The van der Waals surface area contributed by atoms with E-state index in [1.807, 2.05) is 25.1 Å². The van der Waals surface area contributed by atoms with E-state index in [1.165, 1.54) is 0 Å². The Kier molecular flexibility index (Phi) is 1.96. The van der Waals surface area contributed by atoms with Crippen LogP contribution in [0.2, 0.25) is 0 Å². The number of aryl methyl sites for hydroxylation is 1. The minimum absolute atomic E-state index is 0.576. The number of nitrogens with zero attached hydrogens (tertiary/aromatic N) is 2. The van der Waals surface area contributed by atoms with Crippen LogP contribution < -0.4 is 0 Å². The molecule has 1 N–H and O–H groups in total. The second-order valence-electron chi connectivity index (χ2n) is 3.16. The van der Waals surface area contributed by atoms with Gasteiger partial charge in [-0.2, -0.15) is 0 Å². The molecule has 0 unspecified atom stereocenters. The lowest BCUT2D eigenvalue weighted by molar-refractivity contribution is 0.319. The van der Waals surface area contributed by atoms with Crippen LogP contribution in [0.3, 0.4) is 0 Å². The van der Waals surface area contributed by atoms with Crippen molar-refractivity contribution in [3.63, 3.8) is 0 Å². The standard InChI is InChI=1S/C10H10N2O2/c1-6(11-13)8-3-4-10-9(5-8)7(2)12-14-10/h3-5,13H,1-2H3/b11-6+. The largest absolute Gasteiger partial charge is 0.411 e. The summed E-state index contributed by atoms with van der Waals surface area (Å²) in [6.07, 6.45) is 0. The molecule has 1 aromatic heterocycles. The van der Waals surface area contributed by atoms with Gasteiger partial charge in [-0.05, 0) is 37.6 Å². The first-order valence-corrected chi connectivity index (χ1v) is 4.27. The Morgan fingerprint density at radius 1 is 1.50 bits per heavy atom. The number of fused-ring (bicyclic) bond motifs is 1. The summed E-state index contributed by atoms with van der Waals surface area (Å²) in [5.41, 5.74) is 3.03. The highest BCUT2D eigenvalue weighted by Gasteiger charge is 2.06. The summed E-state index contributed by atoms with van der Waals surface area (Å²) in [5.74, 6) is 0. The van der Waals surface area contributed by atoms with Crippen LogP contribution in [0.1, 0.15) is 18.2 Å². The van der Waals surface area contributed by atoms with Crippen molar-refractivity contribution in [3.05, 3.63) is 29.5 Å². The van der Waals surface area contributed by atoms with E-state index in [4.69, 9.17) is 9.73 Å². The van der Waals surface area contributed by atoms with Crippen LogP contribution in [0.15, 0.2) is 27.9 Å². The third kappa shape index (κ3) is 1.25. The fourth-order valence-electron chi connectivity index (χ4n) is 1.34. The quantitative estimate of drug-likeness (QED) is 0.426. The molecular weight excluding hydrogens is 180 g/mol. The van der Waals surface area contributed by atoms with E-state index < -0.39 is 0 Å². The second-order valence-corrected chi connectivity index (χ2v) is 3.16. The van der Waals surface area contributed by atoms with E-state index in [0.29, 0.717) is 5.71 Å². The predicted molar refractivity (Wildman–Crippen MR) is 52.7 cm³/mol. The van der Waals surface area contributed by atoms with Crippen LogP contribution in [-0.4, -0.2) is 16.1 Å². The monoisotopic (exact) mass is 190 g/mol. The van der Waals surface area contributed by atoms with E-state index >= 15 is 0 Å². The lowest BCUT2D eigenvalue weighted by Crippen LogP contribution is -1.93. The molecular formula is C10H10N2O2. The minimum atomic E-state index is 0.576. The molecule has 0 bridgehead atoms. The van der Waals surface area contributed by atoms with Gasteiger partial charge in [-0.3, -0.25) is 0 Å². The van der Waals surface area contributed by atoms with Gasteiger partial charge < -0.3 is 9.73 Å². The van der Waals surface area contributed by atoms with Crippen LogP contribution in [0, 0.1) is 6.92 Å². The summed E-state index contributed by atoms with van der Waals surface area (Å²) in [5, 5.41) is 16.6. The van der Waals surface area contributed by atoms with Gasteiger partial charge in [0, 0.05) is 5.39 Å². The first kappa shape index (κ1) is 8.74. The summed E-state index contributed by atoms with van der Waals surface area (Å²) in [6.45, 7) is 3.62. The highest BCUT2D eigenvalue weighted by atomic mass is 16.5. The molecule has 0 saturated heterocycles. The van der Waals surface area contributed by atoms with Crippen molar-refractivity contribution in [1.29, 1.82) is 0 Å². The van der Waals surface area contributed by atoms with Crippen LogP contribution in [0.5, 0.6) is 0 Å². The number of hydrogen-bond donors (Lipinski definition) is 1. The van der Waals surface area contributed by atoms with E-state index in [-0.39, 0.29) is 0 Å². The van der Waals surface area contributed by atoms with Gasteiger partial charge >= 0.3 is 0 Å². The second kappa shape index (κ2) is 3.14. The maximum Gasteiger partial charge on any atom is 0.167 e. The van der Waals surface area contributed by atoms with E-state index in [1.54, 1.807) is 6.92 Å². The zero-order chi connectivity index (χ0) is 10.1. The van der Waals surface area contributed by atoms with Crippen molar-refractivity contribution < 1.29 is 9.73 Å². The number of oxime groups is 1. The molecule has 0 fully saturated rings. The topological polar surface area (TPSA) is 58.6 Å². The summed E-state index contributed by atoms with van der Waals surface area (Å²) >= 11 is 0. The Balaban J connectivity index is 2.66. The van der Waals surface area contributed by atoms with E-state index in [0.717, 1.165) is 22.2 Å². The molecule has 0 spiro atoms. The molecule has 2 aromatic rings. The number of benzene rings is 1. The highest BCUT2D eigenvalue weighted by Crippen LogP contribution is 2.19. The van der Waals surface area contributed by atoms with Crippen molar-refractivity contribution in [3.8, 4) is 0 Å². The van der Waals surface area contributed by atoms with Crippen molar-refractivity contribution in [2.75, 3.05) is 0 Å². The summed E-state index contributed by atoms with van der Waals surface area (Å²) in [6, 6.07) is 5.55. The number of aromatic nitrogens is 1. The predicted octanol–water partition coefficient (Wildman–Crippen LogP) is 2.33. The van der Waals surface area contributed by atoms with Gasteiger partial charge in [0.2, 0.25) is 0 Å². The van der Waals surface area contributed by atoms with Crippen LogP contribution >= 0.6 is 0 Å². The van der Waals surface area contributed by atoms with Crippen molar-refractivity contribution in [1.82, 2.24) is 5.16 Å². The Bertz CT molecular complexity index is 500. The molecule has 72 valence electrons. The Morgan fingerprint density at radius 3 is 3.00 bits per heavy atom. The molecule has 1 heterocycles. The van der Waals surface area contributed by atoms with Crippen LogP contribution in [0.25, 0.3) is 11.0 Å². The SMILES string of the molecule is C/C(=N\O)c1ccc2onc(C)c2c1. The molecule has 1 aromatic carbocycles. The maximum absolute atomic E-state index is 8.63. The van der Waals surface area contributed by atoms with Gasteiger partial charge in [0.25, 0.3) is 0 Å². The molecule has 0 amide bonds. The first-order chi connectivity index (χ1) is 6.72. The van der Waals surface area contributed by atoms with Gasteiger partial charge in [0.1, 0.15) is 0 Å². The summed E-state index contributed by atoms with van der Waals surface area (Å²) in [4.78, 5) is 0. The van der Waals surface area contributed by atoms with Gasteiger partial charge in [0.05, 0.1) is 11.4 Å². The third-order valence-corrected chi connectivity index (χ3v) is 2.22.